The third-order valence-electron chi connectivity index (χ3n) is 3.36. The van der Waals surface area contributed by atoms with Gasteiger partial charge in [0.2, 0.25) is 0 Å². The molecule has 0 saturated carbocycles. The molecular formula is C17H21FN2O. The standard InChI is InChI=1S/C17H21FN2O/c1-4-9-19-16(13-8-7-12(2)11-14(13)18)17-15(21-3)6-5-10-20-17/h5-8,10-11,16,19H,4,9H2,1-3H3. The van der Waals surface area contributed by atoms with Gasteiger partial charge in [-0.3, -0.25) is 4.98 Å². The Morgan fingerprint density at radius 1 is 1.33 bits per heavy atom. The van der Waals surface area contributed by atoms with E-state index < -0.39 is 0 Å². The van der Waals surface area contributed by atoms with E-state index >= 15 is 0 Å². The van der Waals surface area contributed by atoms with Crippen molar-refractivity contribution in [1.29, 1.82) is 0 Å². The second-order valence-electron chi connectivity index (χ2n) is 5.00. The average molecular weight is 288 g/mol. The molecule has 1 atom stereocenters. The molecule has 2 aromatic rings. The lowest BCUT2D eigenvalue weighted by Crippen LogP contribution is -2.25. The van der Waals surface area contributed by atoms with Crippen LogP contribution in [-0.4, -0.2) is 18.6 Å². The predicted octanol–water partition coefficient (Wildman–Crippen LogP) is 3.63. The van der Waals surface area contributed by atoms with Crippen molar-refractivity contribution in [3.05, 3.63) is 59.2 Å². The molecule has 1 aromatic carbocycles. The van der Waals surface area contributed by atoms with E-state index in [9.17, 15) is 4.39 Å². The van der Waals surface area contributed by atoms with E-state index in [1.54, 1.807) is 19.4 Å². The van der Waals surface area contributed by atoms with Crippen molar-refractivity contribution in [3.63, 3.8) is 0 Å². The van der Waals surface area contributed by atoms with E-state index in [1.807, 2.05) is 31.2 Å². The number of aryl methyl sites for hydroxylation is 1. The number of nitrogens with one attached hydrogen (secondary N) is 1. The Kier molecular flexibility index (Phi) is 5.28. The maximum absolute atomic E-state index is 14.3. The van der Waals surface area contributed by atoms with Crippen LogP contribution >= 0.6 is 0 Å². The van der Waals surface area contributed by atoms with Crippen LogP contribution in [0.15, 0.2) is 36.5 Å². The van der Waals surface area contributed by atoms with Crippen LogP contribution < -0.4 is 10.1 Å². The SMILES string of the molecule is CCCNC(c1ccc(C)cc1F)c1ncccc1OC. The van der Waals surface area contributed by atoms with E-state index in [-0.39, 0.29) is 11.9 Å². The maximum atomic E-state index is 14.3. The summed E-state index contributed by atoms with van der Waals surface area (Å²) < 4.78 is 19.7. The van der Waals surface area contributed by atoms with Crippen LogP contribution in [0.2, 0.25) is 0 Å². The van der Waals surface area contributed by atoms with Crippen molar-refractivity contribution in [2.75, 3.05) is 13.7 Å². The van der Waals surface area contributed by atoms with Gasteiger partial charge in [-0.1, -0.05) is 19.1 Å². The number of pyridine rings is 1. The first-order valence-electron chi connectivity index (χ1n) is 7.15. The summed E-state index contributed by atoms with van der Waals surface area (Å²) in [7, 11) is 1.60. The van der Waals surface area contributed by atoms with E-state index in [4.69, 9.17) is 4.74 Å². The molecule has 4 heteroatoms. The Balaban J connectivity index is 2.47. The summed E-state index contributed by atoms with van der Waals surface area (Å²) in [4.78, 5) is 4.39. The topological polar surface area (TPSA) is 34.2 Å². The average Bonchev–Trinajstić information content (AvgIpc) is 2.49. The number of halogens is 1. The highest BCUT2D eigenvalue weighted by molar-refractivity contribution is 5.38. The van der Waals surface area contributed by atoms with Gasteiger partial charge in [-0.05, 0) is 43.7 Å². The van der Waals surface area contributed by atoms with Crippen LogP contribution in [-0.2, 0) is 0 Å². The van der Waals surface area contributed by atoms with E-state index in [0.717, 1.165) is 18.5 Å². The molecule has 0 amide bonds. The van der Waals surface area contributed by atoms with Gasteiger partial charge in [-0.15, -0.1) is 0 Å². The predicted molar refractivity (Wildman–Crippen MR) is 82.1 cm³/mol. The van der Waals surface area contributed by atoms with Gasteiger partial charge in [-0.25, -0.2) is 4.39 Å². The second-order valence-corrected chi connectivity index (χ2v) is 5.00. The molecule has 3 nitrogen and oxygen atoms in total. The van der Waals surface area contributed by atoms with Crippen LogP contribution in [0.4, 0.5) is 4.39 Å². The molecule has 1 N–H and O–H groups in total. The molecule has 1 unspecified atom stereocenters. The zero-order valence-corrected chi connectivity index (χ0v) is 12.7. The molecule has 1 heterocycles. The first-order valence-corrected chi connectivity index (χ1v) is 7.15. The minimum absolute atomic E-state index is 0.226. The van der Waals surface area contributed by atoms with Crippen LogP contribution in [0.5, 0.6) is 5.75 Å². The normalized spacial score (nSPS) is 12.2. The number of rotatable bonds is 6. The van der Waals surface area contributed by atoms with Crippen LogP contribution in [0.1, 0.15) is 36.2 Å². The fourth-order valence-electron chi connectivity index (χ4n) is 2.30. The molecule has 112 valence electrons. The van der Waals surface area contributed by atoms with Crippen molar-refractivity contribution in [3.8, 4) is 5.75 Å². The smallest absolute Gasteiger partial charge is 0.142 e. The minimum atomic E-state index is -0.318. The monoisotopic (exact) mass is 288 g/mol. The molecule has 0 spiro atoms. The highest BCUT2D eigenvalue weighted by Gasteiger charge is 2.22. The molecule has 0 radical (unpaired) electrons. The van der Waals surface area contributed by atoms with E-state index in [1.165, 1.54) is 0 Å². The van der Waals surface area contributed by atoms with Crippen molar-refractivity contribution in [1.82, 2.24) is 10.3 Å². The Morgan fingerprint density at radius 2 is 2.14 bits per heavy atom. The van der Waals surface area contributed by atoms with Crippen LogP contribution in [0, 0.1) is 12.7 Å². The number of methoxy groups -OCH3 is 1. The van der Waals surface area contributed by atoms with Crippen molar-refractivity contribution >= 4 is 0 Å². The highest BCUT2D eigenvalue weighted by Crippen LogP contribution is 2.29. The van der Waals surface area contributed by atoms with E-state index in [0.29, 0.717) is 17.0 Å². The van der Waals surface area contributed by atoms with Gasteiger partial charge in [0.05, 0.1) is 13.2 Å². The maximum Gasteiger partial charge on any atom is 0.142 e. The fraction of sp³-hybridized carbons (Fsp3) is 0.353. The molecule has 0 aliphatic carbocycles. The lowest BCUT2D eigenvalue weighted by atomic mass is 10.00. The van der Waals surface area contributed by atoms with Gasteiger partial charge < -0.3 is 10.1 Å². The molecule has 21 heavy (non-hydrogen) atoms. The molecule has 1 aromatic heterocycles. The third-order valence-corrected chi connectivity index (χ3v) is 3.36. The van der Waals surface area contributed by atoms with Gasteiger partial charge in [0.25, 0.3) is 0 Å². The summed E-state index contributed by atoms with van der Waals surface area (Å²) in [5, 5.41) is 3.35. The largest absolute Gasteiger partial charge is 0.495 e. The number of nitrogens with zero attached hydrogens (tertiary/aromatic N) is 1. The summed E-state index contributed by atoms with van der Waals surface area (Å²) in [6.45, 7) is 4.73. The van der Waals surface area contributed by atoms with Crippen LogP contribution in [0.25, 0.3) is 0 Å². The third kappa shape index (κ3) is 3.58. The molecule has 0 fully saturated rings. The zero-order valence-electron chi connectivity index (χ0n) is 12.7. The van der Waals surface area contributed by atoms with Crippen molar-refractivity contribution in [2.24, 2.45) is 0 Å². The number of benzene rings is 1. The number of ether oxygens (including phenoxy) is 1. The summed E-state index contributed by atoms with van der Waals surface area (Å²) in [6, 6.07) is 8.60. The second kappa shape index (κ2) is 7.18. The summed E-state index contributed by atoms with van der Waals surface area (Å²) in [5.74, 6) is 0.433. The van der Waals surface area contributed by atoms with Gasteiger partial charge in [0, 0.05) is 11.8 Å². The van der Waals surface area contributed by atoms with Crippen molar-refractivity contribution in [2.45, 2.75) is 26.3 Å². The minimum Gasteiger partial charge on any atom is -0.495 e. The summed E-state index contributed by atoms with van der Waals surface area (Å²) in [6.07, 6.45) is 2.66. The van der Waals surface area contributed by atoms with Crippen molar-refractivity contribution < 1.29 is 9.13 Å². The molecule has 0 aliphatic rings. The van der Waals surface area contributed by atoms with Gasteiger partial charge in [0.1, 0.15) is 17.3 Å². The molecular weight excluding hydrogens is 267 g/mol. The number of aromatic nitrogens is 1. The Hall–Kier alpha value is -1.94. The lowest BCUT2D eigenvalue weighted by Gasteiger charge is -2.21. The highest BCUT2D eigenvalue weighted by atomic mass is 19.1. The number of hydrogen-bond acceptors (Lipinski definition) is 3. The molecule has 0 aliphatic heterocycles. The first kappa shape index (κ1) is 15.4. The Labute approximate surface area is 125 Å². The first-order chi connectivity index (χ1) is 10.2. The van der Waals surface area contributed by atoms with Gasteiger partial charge in [-0.2, -0.15) is 0 Å². The lowest BCUT2D eigenvalue weighted by molar-refractivity contribution is 0.398. The Bertz CT molecular complexity index is 601. The Morgan fingerprint density at radius 3 is 2.81 bits per heavy atom. The van der Waals surface area contributed by atoms with E-state index in [2.05, 4.69) is 17.2 Å². The number of hydrogen-bond donors (Lipinski definition) is 1. The summed E-state index contributed by atoms with van der Waals surface area (Å²) in [5.41, 5.74) is 2.20. The zero-order chi connectivity index (χ0) is 15.2. The summed E-state index contributed by atoms with van der Waals surface area (Å²) >= 11 is 0. The quantitative estimate of drug-likeness (QED) is 0.881. The fourth-order valence-corrected chi connectivity index (χ4v) is 2.30. The molecule has 2 rings (SSSR count). The molecule has 0 saturated heterocycles. The van der Waals surface area contributed by atoms with Crippen LogP contribution in [0.3, 0.4) is 0 Å². The van der Waals surface area contributed by atoms with Gasteiger partial charge >= 0.3 is 0 Å². The van der Waals surface area contributed by atoms with Gasteiger partial charge in [0.15, 0.2) is 0 Å². The molecule has 0 bridgehead atoms.